The van der Waals surface area contributed by atoms with E-state index < -0.39 is 8.56 Å². The number of hydrogen-bond acceptors (Lipinski definition) is 3. The second-order valence-corrected chi connectivity index (χ2v) is 7.25. The average Bonchev–Trinajstić information content (AvgIpc) is 2.22. The molecule has 2 N–H and O–H groups in total. The molecule has 86 valence electrons. The second-order valence-electron chi connectivity index (χ2n) is 3.79. The highest BCUT2D eigenvalue weighted by molar-refractivity contribution is 6.65. The predicted molar refractivity (Wildman–Crippen MR) is 62.6 cm³/mol. The topological polar surface area (TPSA) is 44.5 Å². The van der Waals surface area contributed by atoms with E-state index in [1.54, 1.807) is 7.11 Å². The van der Waals surface area contributed by atoms with Gasteiger partial charge in [-0.25, -0.2) is 0 Å². The molecule has 3 nitrogen and oxygen atoms in total. The van der Waals surface area contributed by atoms with Gasteiger partial charge in [-0.05, 0) is 32.0 Å². The van der Waals surface area contributed by atoms with Gasteiger partial charge in [0.05, 0.1) is 0 Å². The van der Waals surface area contributed by atoms with E-state index in [1.165, 1.54) is 12.8 Å². The van der Waals surface area contributed by atoms with Gasteiger partial charge < -0.3 is 14.6 Å². The summed E-state index contributed by atoms with van der Waals surface area (Å²) in [4.78, 5) is 0. The Hall–Kier alpha value is 0.0969. The first-order valence-electron chi connectivity index (χ1n) is 5.57. The molecule has 0 aromatic carbocycles. The largest absolute Gasteiger partial charge is 0.398 e. The predicted octanol–water partition coefficient (Wildman–Crippen LogP) is 2.26. The molecule has 0 rings (SSSR count). The first kappa shape index (κ1) is 14.1. The van der Waals surface area contributed by atoms with Crippen molar-refractivity contribution in [2.24, 2.45) is 5.73 Å². The van der Waals surface area contributed by atoms with Crippen molar-refractivity contribution in [2.45, 2.75) is 45.2 Å². The molecular weight excluding hydrogens is 194 g/mol. The Morgan fingerprint density at radius 2 is 1.93 bits per heavy atom. The Morgan fingerprint density at radius 3 is 2.43 bits per heavy atom. The van der Waals surface area contributed by atoms with E-state index in [9.17, 15) is 0 Å². The lowest BCUT2D eigenvalue weighted by atomic mass is 10.3. The Bertz CT molecular complexity index is 135. The normalized spacial score (nSPS) is 15.4. The van der Waals surface area contributed by atoms with E-state index in [4.69, 9.17) is 14.6 Å². The molecule has 0 bridgehead atoms. The van der Waals surface area contributed by atoms with Crippen LogP contribution in [0.4, 0.5) is 0 Å². The van der Waals surface area contributed by atoms with Crippen LogP contribution in [0.5, 0.6) is 0 Å². The maximum Gasteiger partial charge on any atom is 0.334 e. The minimum absolute atomic E-state index is 0.726. The third-order valence-corrected chi connectivity index (χ3v) is 5.36. The molecule has 0 radical (unpaired) electrons. The lowest BCUT2D eigenvalue weighted by Gasteiger charge is -2.24. The zero-order valence-corrected chi connectivity index (χ0v) is 10.8. The highest BCUT2D eigenvalue weighted by Gasteiger charge is 2.28. The van der Waals surface area contributed by atoms with Gasteiger partial charge in [0, 0.05) is 13.7 Å². The van der Waals surface area contributed by atoms with Crippen molar-refractivity contribution in [3.63, 3.8) is 0 Å². The molecule has 0 spiro atoms. The summed E-state index contributed by atoms with van der Waals surface area (Å²) in [5.41, 5.74) is 5.48. The molecule has 0 amide bonds. The maximum atomic E-state index is 5.84. The van der Waals surface area contributed by atoms with Crippen LogP contribution in [0.25, 0.3) is 0 Å². The zero-order valence-electron chi connectivity index (χ0n) is 9.84. The van der Waals surface area contributed by atoms with Crippen molar-refractivity contribution in [1.82, 2.24) is 0 Å². The number of unbranched alkanes of at least 4 members (excludes halogenated alkanes) is 2. The van der Waals surface area contributed by atoms with Crippen molar-refractivity contribution in [3.8, 4) is 0 Å². The van der Waals surface area contributed by atoms with Crippen LogP contribution in [-0.4, -0.2) is 28.8 Å². The quantitative estimate of drug-likeness (QED) is 0.478. The molecule has 1 atom stereocenters. The molecule has 0 aliphatic carbocycles. The molecule has 14 heavy (non-hydrogen) atoms. The Balaban J connectivity index is 3.63. The lowest BCUT2D eigenvalue weighted by molar-refractivity contribution is 0.199. The summed E-state index contributed by atoms with van der Waals surface area (Å²) in [5.74, 6) is 0. The van der Waals surface area contributed by atoms with Crippen LogP contribution in [0, 0.1) is 0 Å². The van der Waals surface area contributed by atoms with Crippen LogP contribution in [0.1, 0.15) is 32.6 Å². The van der Waals surface area contributed by atoms with Gasteiger partial charge in [-0.3, -0.25) is 0 Å². The summed E-state index contributed by atoms with van der Waals surface area (Å²) >= 11 is 0. The van der Waals surface area contributed by atoms with Gasteiger partial charge in [-0.2, -0.15) is 0 Å². The lowest BCUT2D eigenvalue weighted by Crippen LogP contribution is -2.38. The molecule has 0 saturated carbocycles. The Kier molecular flexibility index (Phi) is 8.47. The summed E-state index contributed by atoms with van der Waals surface area (Å²) in [7, 11) is -0.122. The molecule has 0 heterocycles. The number of hydrogen-bond donors (Lipinski definition) is 1. The van der Waals surface area contributed by atoms with Gasteiger partial charge in [-0.1, -0.05) is 19.8 Å². The van der Waals surface area contributed by atoms with Crippen LogP contribution < -0.4 is 5.73 Å². The van der Waals surface area contributed by atoms with Crippen molar-refractivity contribution in [1.29, 1.82) is 0 Å². The summed E-state index contributed by atoms with van der Waals surface area (Å²) in [5, 5.41) is 0. The van der Waals surface area contributed by atoms with Crippen LogP contribution in [0.3, 0.4) is 0 Å². The van der Waals surface area contributed by atoms with E-state index in [0.717, 1.165) is 32.0 Å². The fourth-order valence-corrected chi connectivity index (χ4v) is 3.19. The molecule has 0 saturated heterocycles. The minimum Gasteiger partial charge on any atom is -0.398 e. The summed E-state index contributed by atoms with van der Waals surface area (Å²) in [6, 6.07) is 1.01. The van der Waals surface area contributed by atoms with E-state index in [2.05, 4.69) is 13.5 Å². The van der Waals surface area contributed by atoms with Crippen molar-refractivity contribution < 1.29 is 8.85 Å². The van der Waals surface area contributed by atoms with Gasteiger partial charge in [0.2, 0.25) is 0 Å². The first-order valence-corrected chi connectivity index (χ1v) is 8.10. The van der Waals surface area contributed by atoms with E-state index in [-0.39, 0.29) is 0 Å². The average molecular weight is 219 g/mol. The third-order valence-electron chi connectivity index (χ3n) is 2.42. The third kappa shape index (κ3) is 6.54. The standard InChI is InChI=1S/C10H25NO2Si/c1-4-5-6-9-13-14(3,12-2)10-7-8-11/h4-11H2,1-3H3. The highest BCUT2D eigenvalue weighted by Crippen LogP contribution is 2.15. The van der Waals surface area contributed by atoms with Crippen molar-refractivity contribution in [3.05, 3.63) is 0 Å². The SMILES string of the molecule is CCCCCO[Si](C)(CCCN)OC. The highest BCUT2D eigenvalue weighted by atomic mass is 28.4. The molecular formula is C10H25NO2Si. The molecule has 0 aromatic heterocycles. The van der Waals surface area contributed by atoms with Gasteiger partial charge in [0.25, 0.3) is 0 Å². The molecule has 0 aliphatic heterocycles. The molecule has 4 heteroatoms. The molecule has 0 aliphatic rings. The summed E-state index contributed by atoms with van der Waals surface area (Å²) < 4.78 is 11.3. The molecule has 0 fully saturated rings. The fourth-order valence-electron chi connectivity index (χ4n) is 1.30. The summed E-state index contributed by atoms with van der Waals surface area (Å²) in [6.45, 7) is 5.88. The smallest absolute Gasteiger partial charge is 0.334 e. The second kappa shape index (κ2) is 8.41. The Morgan fingerprint density at radius 1 is 1.21 bits per heavy atom. The van der Waals surface area contributed by atoms with Gasteiger partial charge >= 0.3 is 8.56 Å². The molecule has 1 unspecified atom stereocenters. The van der Waals surface area contributed by atoms with Gasteiger partial charge in [0.1, 0.15) is 0 Å². The van der Waals surface area contributed by atoms with Gasteiger partial charge in [0.15, 0.2) is 0 Å². The number of nitrogens with two attached hydrogens (primary N) is 1. The number of rotatable bonds is 9. The van der Waals surface area contributed by atoms with Crippen molar-refractivity contribution in [2.75, 3.05) is 20.3 Å². The van der Waals surface area contributed by atoms with Crippen molar-refractivity contribution >= 4 is 8.56 Å². The van der Waals surface area contributed by atoms with Gasteiger partial charge in [-0.15, -0.1) is 0 Å². The van der Waals surface area contributed by atoms with E-state index in [0.29, 0.717) is 0 Å². The van der Waals surface area contributed by atoms with Crippen LogP contribution >= 0.6 is 0 Å². The Labute approximate surface area is 89.2 Å². The van der Waals surface area contributed by atoms with E-state index >= 15 is 0 Å². The van der Waals surface area contributed by atoms with Crippen LogP contribution in [0.15, 0.2) is 0 Å². The fraction of sp³-hybridized carbons (Fsp3) is 1.00. The maximum absolute atomic E-state index is 5.84. The zero-order chi connectivity index (χ0) is 10.9. The summed E-state index contributed by atoms with van der Waals surface area (Å²) in [6.07, 6.45) is 4.62. The molecule has 0 aromatic rings. The first-order chi connectivity index (χ1) is 6.68. The minimum atomic E-state index is -1.87. The van der Waals surface area contributed by atoms with Crippen LogP contribution in [-0.2, 0) is 8.85 Å². The van der Waals surface area contributed by atoms with Crippen LogP contribution in [0.2, 0.25) is 12.6 Å². The monoisotopic (exact) mass is 219 g/mol. The van der Waals surface area contributed by atoms with E-state index in [1.807, 2.05) is 0 Å².